The predicted octanol–water partition coefficient (Wildman–Crippen LogP) is 2.63. The van der Waals surface area contributed by atoms with Gasteiger partial charge in [-0.2, -0.15) is 0 Å². The van der Waals surface area contributed by atoms with Crippen LogP contribution in [-0.4, -0.2) is 0 Å². The monoisotopic (exact) mass is 219 g/mol. The molecule has 0 bridgehead atoms. The molecule has 0 saturated carbocycles. The Morgan fingerprint density at radius 2 is 1.91 bits per heavy atom. The van der Waals surface area contributed by atoms with E-state index in [0.29, 0.717) is 5.92 Å². The van der Waals surface area contributed by atoms with Crippen LogP contribution in [0.5, 0.6) is 0 Å². The van der Waals surface area contributed by atoms with Gasteiger partial charge in [-0.3, -0.25) is 0 Å². The van der Waals surface area contributed by atoms with E-state index in [1.807, 2.05) is 0 Å². The number of fused-ring (bicyclic) bond motifs is 1. The van der Waals surface area contributed by atoms with Crippen molar-refractivity contribution in [2.75, 3.05) is 0 Å². The zero-order valence-electron chi connectivity index (χ0n) is 6.25. The largest absolute Gasteiger partial charge is 0.0764 e. The quantitative estimate of drug-likeness (QED) is 0.630. The summed E-state index contributed by atoms with van der Waals surface area (Å²) in [6.07, 6.45) is 4.26. The molecule has 11 heavy (non-hydrogen) atoms. The molecule has 53 valence electrons. The number of allylic oxidation sites excluding steroid dienone is 1. The number of benzene rings is 1. The molecule has 1 aromatic carbocycles. The number of hydrogen-bond donors (Lipinski definition) is 0. The summed E-state index contributed by atoms with van der Waals surface area (Å²) in [6.45, 7) is 3.99. The summed E-state index contributed by atoms with van der Waals surface area (Å²) in [4.78, 5) is 0. The smallest absolute Gasteiger partial charge is 0.00275 e. The van der Waals surface area contributed by atoms with Crippen molar-refractivity contribution in [3.8, 4) is 0 Å². The first-order chi connectivity index (χ1) is 4.88. The molecule has 0 aliphatic heterocycles. The Hall–Kier alpha value is -0.157. The van der Waals surface area contributed by atoms with Crippen LogP contribution in [0.4, 0.5) is 0 Å². The van der Waals surface area contributed by atoms with Crippen molar-refractivity contribution in [1.29, 1.82) is 0 Å². The summed E-state index contributed by atoms with van der Waals surface area (Å²) in [6, 6.07) is 8.37. The van der Waals surface area contributed by atoms with Gasteiger partial charge in [-0.15, -0.1) is 0 Å². The van der Waals surface area contributed by atoms with Crippen molar-refractivity contribution < 1.29 is 26.2 Å². The van der Waals surface area contributed by atoms with Crippen molar-refractivity contribution >= 4 is 6.08 Å². The van der Waals surface area contributed by atoms with E-state index in [0.717, 1.165) is 0 Å². The molecule has 0 saturated heterocycles. The molecule has 1 unspecified atom stereocenters. The van der Waals surface area contributed by atoms with E-state index in [1.54, 1.807) is 0 Å². The Labute approximate surface area is 86.4 Å². The standard InChI is InChI=1S/C10H9.Zr/c1-8-6-7-9-4-2-3-5-10(8)9;/h2-8H,1H2;. The van der Waals surface area contributed by atoms with Crippen molar-refractivity contribution in [3.63, 3.8) is 0 Å². The Morgan fingerprint density at radius 3 is 2.64 bits per heavy atom. The minimum atomic E-state index is 0. The second-order valence-corrected chi connectivity index (χ2v) is 2.59. The summed E-state index contributed by atoms with van der Waals surface area (Å²) in [5, 5.41) is 0. The van der Waals surface area contributed by atoms with Gasteiger partial charge >= 0.3 is 0 Å². The fraction of sp³-hybridized carbons (Fsp3) is 0.100. The average Bonchev–Trinajstić information content (AvgIpc) is 2.34. The predicted molar refractivity (Wildman–Crippen MR) is 43.6 cm³/mol. The Balaban J connectivity index is 0.000000605. The fourth-order valence-electron chi connectivity index (χ4n) is 1.32. The summed E-state index contributed by atoms with van der Waals surface area (Å²) in [7, 11) is 0. The summed E-state index contributed by atoms with van der Waals surface area (Å²) < 4.78 is 0. The zero-order valence-corrected chi connectivity index (χ0v) is 8.71. The molecule has 0 aromatic heterocycles. The zero-order chi connectivity index (χ0) is 6.97. The molecule has 0 fully saturated rings. The van der Waals surface area contributed by atoms with Crippen LogP contribution >= 0.6 is 0 Å². The molecule has 1 aliphatic carbocycles. The van der Waals surface area contributed by atoms with Crippen LogP contribution in [0.15, 0.2) is 30.3 Å². The van der Waals surface area contributed by atoms with Crippen LogP contribution < -0.4 is 0 Å². The minimum Gasteiger partial charge on any atom is -0.0764 e. The second kappa shape index (κ2) is 3.49. The van der Waals surface area contributed by atoms with E-state index < -0.39 is 0 Å². The van der Waals surface area contributed by atoms with Gasteiger partial charge in [0.15, 0.2) is 0 Å². The van der Waals surface area contributed by atoms with Gasteiger partial charge in [0.25, 0.3) is 0 Å². The maximum Gasteiger partial charge on any atom is 0.00275 e. The van der Waals surface area contributed by atoms with Crippen LogP contribution in [0.2, 0.25) is 0 Å². The Morgan fingerprint density at radius 1 is 1.18 bits per heavy atom. The third-order valence-electron chi connectivity index (χ3n) is 1.90. The van der Waals surface area contributed by atoms with Crippen LogP contribution in [0.25, 0.3) is 6.08 Å². The van der Waals surface area contributed by atoms with E-state index in [1.165, 1.54) is 11.1 Å². The van der Waals surface area contributed by atoms with E-state index in [-0.39, 0.29) is 26.2 Å². The molecule has 0 amide bonds. The molecule has 0 spiro atoms. The summed E-state index contributed by atoms with van der Waals surface area (Å²) in [5.74, 6) is 0.371. The number of rotatable bonds is 0. The molecule has 2 rings (SSSR count). The molecule has 1 heteroatoms. The van der Waals surface area contributed by atoms with Gasteiger partial charge in [0, 0.05) is 32.1 Å². The molecular weight excluding hydrogens is 211 g/mol. The van der Waals surface area contributed by atoms with Crippen molar-refractivity contribution in [3.05, 3.63) is 48.4 Å². The molecule has 0 heterocycles. The minimum absolute atomic E-state index is 0. The average molecular weight is 220 g/mol. The maximum atomic E-state index is 3.99. The Kier molecular flexibility index (Phi) is 2.84. The van der Waals surface area contributed by atoms with Crippen molar-refractivity contribution in [2.24, 2.45) is 0 Å². The van der Waals surface area contributed by atoms with E-state index in [9.17, 15) is 0 Å². The van der Waals surface area contributed by atoms with E-state index >= 15 is 0 Å². The third-order valence-corrected chi connectivity index (χ3v) is 1.90. The molecule has 0 N–H and O–H groups in total. The molecule has 1 aromatic rings. The molecule has 1 radical (unpaired) electrons. The van der Waals surface area contributed by atoms with Gasteiger partial charge in [-0.25, -0.2) is 0 Å². The first-order valence-electron chi connectivity index (χ1n) is 3.48. The third kappa shape index (κ3) is 1.54. The molecule has 1 aliphatic rings. The van der Waals surface area contributed by atoms with E-state index in [2.05, 4.69) is 43.3 Å². The van der Waals surface area contributed by atoms with Gasteiger partial charge in [0.2, 0.25) is 0 Å². The van der Waals surface area contributed by atoms with Crippen LogP contribution in [-0.2, 0) is 26.2 Å². The van der Waals surface area contributed by atoms with Gasteiger partial charge in [0.05, 0.1) is 0 Å². The fourth-order valence-corrected chi connectivity index (χ4v) is 1.32. The Bertz CT molecular complexity index is 276. The SMILES string of the molecule is [CH2]C1C=Cc2ccccc21.[Zr]. The first-order valence-corrected chi connectivity index (χ1v) is 3.48. The number of hydrogen-bond acceptors (Lipinski definition) is 0. The van der Waals surface area contributed by atoms with Crippen LogP contribution in [0.3, 0.4) is 0 Å². The van der Waals surface area contributed by atoms with Crippen LogP contribution in [0, 0.1) is 6.92 Å². The van der Waals surface area contributed by atoms with Gasteiger partial charge < -0.3 is 0 Å². The molecular formula is C10H9Zr. The van der Waals surface area contributed by atoms with Crippen molar-refractivity contribution in [1.82, 2.24) is 0 Å². The molecule has 1 atom stereocenters. The normalized spacial score (nSPS) is 19.2. The maximum absolute atomic E-state index is 3.99. The topological polar surface area (TPSA) is 0 Å². The van der Waals surface area contributed by atoms with Crippen molar-refractivity contribution in [2.45, 2.75) is 5.92 Å². The van der Waals surface area contributed by atoms with Gasteiger partial charge in [0.1, 0.15) is 0 Å². The van der Waals surface area contributed by atoms with Gasteiger partial charge in [-0.05, 0) is 18.1 Å². The second-order valence-electron chi connectivity index (χ2n) is 2.59. The molecule has 0 nitrogen and oxygen atoms in total. The first kappa shape index (κ1) is 8.94. The van der Waals surface area contributed by atoms with Gasteiger partial charge in [-0.1, -0.05) is 36.4 Å². The summed E-state index contributed by atoms with van der Waals surface area (Å²) in [5.41, 5.74) is 2.67. The van der Waals surface area contributed by atoms with E-state index in [4.69, 9.17) is 0 Å². The summed E-state index contributed by atoms with van der Waals surface area (Å²) >= 11 is 0. The van der Waals surface area contributed by atoms with Crippen LogP contribution in [0.1, 0.15) is 17.0 Å².